The Hall–Kier alpha value is -1.95. The molecule has 3 rings (SSSR count). The fourth-order valence-corrected chi connectivity index (χ4v) is 2.47. The summed E-state index contributed by atoms with van der Waals surface area (Å²) in [6.07, 6.45) is 0.682. The molecule has 0 saturated carbocycles. The maximum atomic E-state index is 11.5. The van der Waals surface area contributed by atoms with Crippen molar-refractivity contribution in [3.05, 3.63) is 48.0 Å². The average Bonchev–Trinajstić information content (AvgIpc) is 2.95. The summed E-state index contributed by atoms with van der Waals surface area (Å²) in [7, 11) is 0. The van der Waals surface area contributed by atoms with E-state index in [0.29, 0.717) is 6.42 Å². The summed E-state index contributed by atoms with van der Waals surface area (Å²) in [6, 6.07) is 14.4. The van der Waals surface area contributed by atoms with Crippen molar-refractivity contribution in [2.75, 3.05) is 0 Å². The maximum absolute atomic E-state index is 11.5. The van der Waals surface area contributed by atoms with Crippen molar-refractivity contribution >= 4 is 16.7 Å². The Morgan fingerprint density at radius 1 is 1.16 bits per heavy atom. The van der Waals surface area contributed by atoms with E-state index < -0.39 is 0 Å². The van der Waals surface area contributed by atoms with E-state index in [4.69, 9.17) is 5.84 Å². The van der Waals surface area contributed by atoms with Crippen molar-refractivity contribution in [2.45, 2.75) is 18.5 Å². The fourth-order valence-electron chi connectivity index (χ4n) is 2.47. The first-order valence-electron chi connectivity index (χ1n) is 6.28. The van der Waals surface area contributed by atoms with Crippen LogP contribution in [0.3, 0.4) is 0 Å². The van der Waals surface area contributed by atoms with Crippen LogP contribution in [0.15, 0.2) is 42.5 Å². The summed E-state index contributed by atoms with van der Waals surface area (Å²) < 4.78 is 0. The minimum absolute atomic E-state index is 0.118. The highest BCUT2D eigenvalue weighted by molar-refractivity contribution is 5.83. The van der Waals surface area contributed by atoms with Crippen LogP contribution in [-0.2, 0) is 4.79 Å². The molecule has 2 aromatic carbocycles. The number of carbonyl (C=O) groups excluding carboxylic acids is 1. The lowest BCUT2D eigenvalue weighted by Gasteiger charge is -2.10. The van der Waals surface area contributed by atoms with E-state index >= 15 is 0 Å². The van der Waals surface area contributed by atoms with Crippen LogP contribution in [-0.4, -0.2) is 11.9 Å². The number of nitrogens with two attached hydrogens (primary N) is 1. The van der Waals surface area contributed by atoms with Gasteiger partial charge in [-0.15, -0.1) is 0 Å². The van der Waals surface area contributed by atoms with Crippen molar-refractivity contribution < 1.29 is 4.79 Å². The van der Waals surface area contributed by atoms with E-state index in [9.17, 15) is 4.79 Å². The standard InChI is InChI=1S/C14H16N4O/c15-16-14(19)13-8-12(17-18-13)11-6-5-9-3-1-2-4-10(9)7-11/h1-7,12-13,17-18H,8,15H2,(H,16,19). The summed E-state index contributed by atoms with van der Waals surface area (Å²) >= 11 is 0. The van der Waals surface area contributed by atoms with Gasteiger partial charge in [0.05, 0.1) is 0 Å². The lowest BCUT2D eigenvalue weighted by molar-refractivity contribution is -0.122. The van der Waals surface area contributed by atoms with Gasteiger partial charge < -0.3 is 0 Å². The first kappa shape index (κ1) is 12.1. The summed E-state index contributed by atoms with van der Waals surface area (Å²) in [4.78, 5) is 11.5. The van der Waals surface area contributed by atoms with E-state index in [1.54, 1.807) is 0 Å². The zero-order valence-electron chi connectivity index (χ0n) is 10.4. The topological polar surface area (TPSA) is 79.2 Å². The van der Waals surface area contributed by atoms with Crippen LogP contribution in [0.4, 0.5) is 0 Å². The fraction of sp³-hybridized carbons (Fsp3) is 0.214. The van der Waals surface area contributed by atoms with Gasteiger partial charge in [-0.2, -0.15) is 0 Å². The molecular weight excluding hydrogens is 240 g/mol. The third kappa shape index (κ3) is 2.31. The highest BCUT2D eigenvalue weighted by atomic mass is 16.2. The van der Waals surface area contributed by atoms with Crippen LogP contribution >= 0.6 is 0 Å². The minimum Gasteiger partial charge on any atom is -0.293 e. The predicted molar refractivity (Wildman–Crippen MR) is 73.7 cm³/mol. The molecule has 0 aromatic heterocycles. The van der Waals surface area contributed by atoms with Gasteiger partial charge >= 0.3 is 0 Å². The molecule has 0 bridgehead atoms. The van der Waals surface area contributed by atoms with Gasteiger partial charge in [0.2, 0.25) is 0 Å². The van der Waals surface area contributed by atoms with Gasteiger partial charge in [0, 0.05) is 6.04 Å². The smallest absolute Gasteiger partial charge is 0.252 e. The molecule has 19 heavy (non-hydrogen) atoms. The molecule has 5 nitrogen and oxygen atoms in total. The van der Waals surface area contributed by atoms with E-state index in [2.05, 4.69) is 46.6 Å². The number of amides is 1. The molecule has 0 aliphatic carbocycles. The molecule has 5 heteroatoms. The Morgan fingerprint density at radius 2 is 1.95 bits per heavy atom. The molecule has 1 aliphatic rings. The average molecular weight is 256 g/mol. The first-order chi connectivity index (χ1) is 9.28. The van der Waals surface area contributed by atoms with E-state index in [0.717, 1.165) is 0 Å². The van der Waals surface area contributed by atoms with Crippen molar-refractivity contribution in [3.8, 4) is 0 Å². The van der Waals surface area contributed by atoms with Crippen molar-refractivity contribution in [1.82, 2.24) is 16.3 Å². The molecule has 5 N–H and O–H groups in total. The van der Waals surface area contributed by atoms with Crippen molar-refractivity contribution in [3.63, 3.8) is 0 Å². The van der Waals surface area contributed by atoms with E-state index in [-0.39, 0.29) is 18.0 Å². The molecule has 0 radical (unpaired) electrons. The predicted octanol–water partition coefficient (Wildman–Crippen LogP) is 0.737. The Balaban J connectivity index is 1.83. The number of hydrogen-bond donors (Lipinski definition) is 4. The van der Waals surface area contributed by atoms with Crippen LogP contribution in [0, 0.1) is 0 Å². The highest BCUT2D eigenvalue weighted by Gasteiger charge is 2.29. The number of benzene rings is 2. The minimum atomic E-state index is -0.290. The molecule has 2 unspecified atom stereocenters. The van der Waals surface area contributed by atoms with Crippen LogP contribution in [0.1, 0.15) is 18.0 Å². The molecule has 1 aliphatic heterocycles. The van der Waals surface area contributed by atoms with Crippen LogP contribution < -0.4 is 22.1 Å². The van der Waals surface area contributed by atoms with Gasteiger partial charge in [-0.25, -0.2) is 16.7 Å². The number of hydrazine groups is 2. The molecule has 1 fully saturated rings. The zero-order valence-corrected chi connectivity index (χ0v) is 10.4. The summed E-state index contributed by atoms with van der Waals surface area (Å²) in [5, 5.41) is 2.42. The molecule has 2 aromatic rings. The van der Waals surface area contributed by atoms with Crippen LogP contribution in [0.25, 0.3) is 10.8 Å². The van der Waals surface area contributed by atoms with Crippen molar-refractivity contribution in [1.29, 1.82) is 0 Å². The number of nitrogens with one attached hydrogen (secondary N) is 3. The van der Waals surface area contributed by atoms with Gasteiger partial charge in [-0.05, 0) is 28.8 Å². The van der Waals surface area contributed by atoms with Crippen LogP contribution in [0.5, 0.6) is 0 Å². The molecule has 1 saturated heterocycles. The van der Waals surface area contributed by atoms with Gasteiger partial charge in [0.1, 0.15) is 6.04 Å². The second-order valence-electron chi connectivity index (χ2n) is 4.74. The molecule has 2 atom stereocenters. The Labute approximate surface area is 111 Å². The van der Waals surface area contributed by atoms with Gasteiger partial charge in [0.15, 0.2) is 0 Å². The lowest BCUT2D eigenvalue weighted by atomic mass is 9.99. The molecule has 98 valence electrons. The largest absolute Gasteiger partial charge is 0.293 e. The lowest BCUT2D eigenvalue weighted by Crippen LogP contribution is -2.45. The van der Waals surface area contributed by atoms with E-state index in [1.807, 2.05) is 12.1 Å². The maximum Gasteiger partial charge on any atom is 0.252 e. The molecule has 0 spiro atoms. The van der Waals surface area contributed by atoms with Crippen molar-refractivity contribution in [2.24, 2.45) is 5.84 Å². The first-order valence-corrected chi connectivity index (χ1v) is 6.28. The zero-order chi connectivity index (χ0) is 13.2. The van der Waals surface area contributed by atoms with Gasteiger partial charge in [-0.3, -0.25) is 10.2 Å². The SMILES string of the molecule is NNC(=O)C1CC(c2ccc3ccccc3c2)NN1. The second kappa shape index (κ2) is 4.97. The van der Waals surface area contributed by atoms with E-state index in [1.165, 1.54) is 16.3 Å². The Bertz CT molecular complexity index is 613. The number of rotatable bonds is 2. The molecular formula is C14H16N4O. The van der Waals surface area contributed by atoms with Gasteiger partial charge in [-0.1, -0.05) is 36.4 Å². The second-order valence-corrected chi connectivity index (χ2v) is 4.74. The molecule has 1 heterocycles. The number of hydrogen-bond acceptors (Lipinski definition) is 4. The molecule has 1 amide bonds. The Morgan fingerprint density at radius 3 is 2.74 bits per heavy atom. The highest BCUT2D eigenvalue weighted by Crippen LogP contribution is 2.25. The normalized spacial score (nSPS) is 22.6. The quantitative estimate of drug-likeness (QED) is 0.363. The third-order valence-electron chi connectivity index (χ3n) is 3.54. The number of fused-ring (bicyclic) bond motifs is 1. The summed E-state index contributed by atoms with van der Waals surface area (Å²) in [5.74, 6) is 4.94. The number of carbonyl (C=O) groups is 1. The summed E-state index contributed by atoms with van der Waals surface area (Å²) in [5.41, 5.74) is 9.43. The Kier molecular flexibility index (Phi) is 3.16. The van der Waals surface area contributed by atoms with Gasteiger partial charge in [0.25, 0.3) is 5.91 Å². The monoisotopic (exact) mass is 256 g/mol. The summed E-state index contributed by atoms with van der Waals surface area (Å²) in [6.45, 7) is 0. The third-order valence-corrected chi connectivity index (χ3v) is 3.54. The van der Waals surface area contributed by atoms with Crippen LogP contribution in [0.2, 0.25) is 0 Å².